The zero-order valence-corrected chi connectivity index (χ0v) is 13.9. The standard InChI is InChI=1S/C16H28N2O2S/c1-21(20)16(10-6-11-16)13-18-15(19)17-12-9-14-7-4-2-3-5-8-14/h7H,2-6,8-13H2,1H3,(H2,17,18,19). The minimum absolute atomic E-state index is 0.124. The summed E-state index contributed by atoms with van der Waals surface area (Å²) < 4.78 is 11.6. The van der Waals surface area contributed by atoms with E-state index < -0.39 is 10.8 Å². The first-order chi connectivity index (χ1) is 10.1. The molecule has 0 radical (unpaired) electrons. The third-order valence-electron chi connectivity index (χ3n) is 4.81. The van der Waals surface area contributed by atoms with E-state index in [0.717, 1.165) is 25.7 Å². The average molecular weight is 312 g/mol. The Balaban J connectivity index is 1.63. The van der Waals surface area contributed by atoms with Crippen molar-refractivity contribution in [3.63, 3.8) is 0 Å². The third kappa shape index (κ3) is 4.83. The second-order valence-corrected chi connectivity index (χ2v) is 8.09. The summed E-state index contributed by atoms with van der Waals surface area (Å²) in [6.07, 6.45) is 14.4. The van der Waals surface area contributed by atoms with Crippen LogP contribution in [0.5, 0.6) is 0 Å². The third-order valence-corrected chi connectivity index (χ3v) is 6.58. The van der Waals surface area contributed by atoms with Crippen LogP contribution >= 0.6 is 0 Å². The quantitative estimate of drug-likeness (QED) is 0.741. The number of urea groups is 1. The summed E-state index contributed by atoms with van der Waals surface area (Å²) in [5.74, 6) is 0. The predicted octanol–water partition coefficient (Wildman–Crippen LogP) is 2.87. The molecular weight excluding hydrogens is 284 g/mol. The van der Waals surface area contributed by atoms with E-state index in [1.165, 1.54) is 37.7 Å². The van der Waals surface area contributed by atoms with Gasteiger partial charge in [0.05, 0.1) is 4.75 Å². The highest BCUT2D eigenvalue weighted by Gasteiger charge is 2.40. The maximum absolute atomic E-state index is 11.8. The molecule has 2 N–H and O–H groups in total. The fourth-order valence-electron chi connectivity index (χ4n) is 3.09. The number of amides is 2. The molecule has 0 saturated heterocycles. The molecule has 0 aromatic rings. The Hall–Kier alpha value is -0.840. The first kappa shape index (κ1) is 16.5. The second-order valence-electron chi connectivity index (χ2n) is 6.31. The van der Waals surface area contributed by atoms with E-state index >= 15 is 0 Å². The Morgan fingerprint density at radius 1 is 1.24 bits per heavy atom. The van der Waals surface area contributed by atoms with Crippen LogP contribution in [0, 0.1) is 0 Å². The maximum Gasteiger partial charge on any atom is 0.314 e. The summed E-state index contributed by atoms with van der Waals surface area (Å²) in [5, 5.41) is 5.81. The molecule has 0 heterocycles. The number of hydrogen-bond donors (Lipinski definition) is 2. The van der Waals surface area contributed by atoms with Crippen LogP contribution in [0.3, 0.4) is 0 Å². The van der Waals surface area contributed by atoms with E-state index in [2.05, 4.69) is 16.7 Å². The van der Waals surface area contributed by atoms with Crippen LogP contribution in [0.1, 0.15) is 57.8 Å². The first-order valence-electron chi connectivity index (χ1n) is 8.15. The Morgan fingerprint density at radius 2 is 2.05 bits per heavy atom. The van der Waals surface area contributed by atoms with Crippen molar-refractivity contribution in [1.82, 2.24) is 10.6 Å². The smallest absolute Gasteiger partial charge is 0.314 e. The topological polar surface area (TPSA) is 58.2 Å². The minimum Gasteiger partial charge on any atom is -0.338 e. The van der Waals surface area contributed by atoms with Crippen molar-refractivity contribution in [1.29, 1.82) is 0 Å². The lowest BCUT2D eigenvalue weighted by molar-refractivity contribution is 0.236. The van der Waals surface area contributed by atoms with Crippen LogP contribution in [0.4, 0.5) is 4.79 Å². The maximum atomic E-state index is 11.8. The molecule has 0 aromatic heterocycles. The van der Waals surface area contributed by atoms with E-state index in [1.54, 1.807) is 6.26 Å². The highest BCUT2D eigenvalue weighted by atomic mass is 32.2. The van der Waals surface area contributed by atoms with Crippen LogP contribution in [0.2, 0.25) is 0 Å². The second kappa shape index (κ2) is 7.97. The van der Waals surface area contributed by atoms with Gasteiger partial charge in [0, 0.05) is 30.1 Å². The molecular formula is C16H28N2O2S. The number of nitrogens with one attached hydrogen (secondary N) is 2. The molecule has 2 amide bonds. The molecule has 1 atom stereocenters. The van der Waals surface area contributed by atoms with Gasteiger partial charge in [0.25, 0.3) is 0 Å². The highest BCUT2D eigenvalue weighted by Crippen LogP contribution is 2.36. The van der Waals surface area contributed by atoms with E-state index in [0.29, 0.717) is 13.1 Å². The average Bonchev–Trinajstić information content (AvgIpc) is 2.66. The van der Waals surface area contributed by atoms with Crippen LogP contribution < -0.4 is 10.6 Å². The number of carbonyl (C=O) groups is 1. The lowest BCUT2D eigenvalue weighted by atomic mass is 9.84. The van der Waals surface area contributed by atoms with Crippen molar-refractivity contribution in [3.8, 4) is 0 Å². The lowest BCUT2D eigenvalue weighted by Crippen LogP contribution is -2.52. The van der Waals surface area contributed by atoms with Gasteiger partial charge in [-0.3, -0.25) is 4.21 Å². The summed E-state index contributed by atoms with van der Waals surface area (Å²) in [4.78, 5) is 11.8. The molecule has 21 heavy (non-hydrogen) atoms. The van der Waals surface area contributed by atoms with Gasteiger partial charge in [0.15, 0.2) is 0 Å². The number of hydrogen-bond acceptors (Lipinski definition) is 2. The molecule has 120 valence electrons. The molecule has 4 nitrogen and oxygen atoms in total. The molecule has 2 aliphatic rings. The minimum atomic E-state index is -0.862. The molecule has 5 heteroatoms. The summed E-state index contributed by atoms with van der Waals surface area (Å²) in [5.41, 5.74) is 1.48. The number of carbonyl (C=O) groups excluding carboxylic acids is 1. The molecule has 1 saturated carbocycles. The zero-order valence-electron chi connectivity index (χ0n) is 13.1. The molecule has 0 spiro atoms. The van der Waals surface area contributed by atoms with Gasteiger partial charge in [-0.15, -0.1) is 0 Å². The molecule has 2 rings (SSSR count). The van der Waals surface area contributed by atoms with Gasteiger partial charge in [0.2, 0.25) is 0 Å². The van der Waals surface area contributed by atoms with Crippen molar-refractivity contribution in [3.05, 3.63) is 11.6 Å². The fraction of sp³-hybridized carbons (Fsp3) is 0.812. The highest BCUT2D eigenvalue weighted by molar-refractivity contribution is 7.85. The molecule has 1 fully saturated rings. The van der Waals surface area contributed by atoms with Gasteiger partial charge in [-0.2, -0.15) is 0 Å². The van der Waals surface area contributed by atoms with Crippen molar-refractivity contribution in [2.24, 2.45) is 0 Å². The SMILES string of the molecule is CS(=O)C1(CNC(=O)NCCC2=CCCCCC2)CCC1. The van der Waals surface area contributed by atoms with E-state index in [-0.39, 0.29) is 10.8 Å². The van der Waals surface area contributed by atoms with Gasteiger partial charge in [-0.25, -0.2) is 4.79 Å². The van der Waals surface area contributed by atoms with Crippen molar-refractivity contribution in [2.45, 2.75) is 62.5 Å². The van der Waals surface area contributed by atoms with Gasteiger partial charge in [-0.05, 0) is 44.9 Å². The first-order valence-corrected chi connectivity index (χ1v) is 9.71. The monoisotopic (exact) mass is 312 g/mol. The van der Waals surface area contributed by atoms with Crippen LogP contribution in [0.25, 0.3) is 0 Å². The van der Waals surface area contributed by atoms with Crippen LogP contribution in [-0.2, 0) is 10.8 Å². The normalized spacial score (nSPS) is 22.4. The molecule has 0 aliphatic heterocycles. The summed E-state index contributed by atoms with van der Waals surface area (Å²) in [7, 11) is -0.862. The van der Waals surface area contributed by atoms with Crippen molar-refractivity contribution >= 4 is 16.8 Å². The summed E-state index contributed by atoms with van der Waals surface area (Å²) >= 11 is 0. The largest absolute Gasteiger partial charge is 0.338 e. The van der Waals surface area contributed by atoms with Crippen molar-refractivity contribution in [2.75, 3.05) is 19.3 Å². The van der Waals surface area contributed by atoms with E-state index in [4.69, 9.17) is 0 Å². The number of rotatable bonds is 6. The Kier molecular flexibility index (Phi) is 6.27. The zero-order chi connectivity index (χ0) is 15.1. The Labute approximate surface area is 130 Å². The van der Waals surface area contributed by atoms with E-state index in [9.17, 15) is 9.00 Å². The summed E-state index contributed by atoms with van der Waals surface area (Å²) in [6, 6.07) is -0.124. The van der Waals surface area contributed by atoms with Crippen LogP contribution in [-0.4, -0.2) is 34.3 Å². The Bertz CT molecular complexity index is 417. The molecule has 0 aromatic carbocycles. The fourth-order valence-corrected chi connectivity index (χ4v) is 4.22. The lowest BCUT2D eigenvalue weighted by Gasteiger charge is -2.39. The van der Waals surface area contributed by atoms with Crippen molar-refractivity contribution < 1.29 is 9.00 Å². The molecule has 1 unspecified atom stereocenters. The van der Waals surface area contributed by atoms with Gasteiger partial charge in [0.1, 0.15) is 0 Å². The molecule has 0 bridgehead atoms. The van der Waals surface area contributed by atoms with Gasteiger partial charge >= 0.3 is 6.03 Å². The van der Waals surface area contributed by atoms with Crippen LogP contribution in [0.15, 0.2) is 11.6 Å². The van der Waals surface area contributed by atoms with Gasteiger partial charge < -0.3 is 10.6 Å². The predicted molar refractivity (Wildman–Crippen MR) is 87.8 cm³/mol. The van der Waals surface area contributed by atoms with E-state index in [1.807, 2.05) is 0 Å². The summed E-state index contributed by atoms with van der Waals surface area (Å²) in [6.45, 7) is 1.23. The number of allylic oxidation sites excluding steroid dienone is 1. The molecule has 2 aliphatic carbocycles. The Morgan fingerprint density at radius 3 is 2.71 bits per heavy atom. The van der Waals surface area contributed by atoms with Gasteiger partial charge in [-0.1, -0.05) is 24.5 Å².